The monoisotopic (exact) mass is 284 g/mol. The molecule has 1 saturated heterocycles. The zero-order valence-corrected chi connectivity index (χ0v) is 11.1. The molecule has 1 aromatic heterocycles. The number of morpholine rings is 1. The Morgan fingerprint density at radius 2 is 2.26 bits per heavy atom. The number of aryl methyl sites for hydroxylation is 1. The highest BCUT2D eigenvalue weighted by molar-refractivity contribution is 6.29. The average molecular weight is 285 g/mol. The van der Waals surface area contributed by atoms with Crippen LogP contribution in [0.1, 0.15) is 16.1 Å². The Balaban J connectivity index is 2.16. The molecule has 0 bridgehead atoms. The van der Waals surface area contributed by atoms with Gasteiger partial charge in [-0.25, -0.2) is 9.78 Å². The minimum Gasteiger partial charge on any atom is -0.479 e. The van der Waals surface area contributed by atoms with Crippen LogP contribution in [0.15, 0.2) is 12.1 Å². The minimum absolute atomic E-state index is 0.0349. The minimum atomic E-state index is -1.07. The Morgan fingerprint density at radius 1 is 1.53 bits per heavy atom. The Morgan fingerprint density at radius 3 is 2.89 bits per heavy atom. The average Bonchev–Trinajstić information content (AvgIpc) is 2.37. The first-order valence-corrected chi connectivity index (χ1v) is 6.13. The van der Waals surface area contributed by atoms with E-state index in [0.29, 0.717) is 17.8 Å². The van der Waals surface area contributed by atoms with Crippen LogP contribution in [0.5, 0.6) is 0 Å². The fraction of sp³-hybridized carbons (Fsp3) is 0.417. The van der Waals surface area contributed by atoms with Crippen molar-refractivity contribution in [2.24, 2.45) is 0 Å². The number of nitrogens with zero attached hydrogens (tertiary/aromatic N) is 2. The van der Waals surface area contributed by atoms with Crippen molar-refractivity contribution in [3.63, 3.8) is 0 Å². The third kappa shape index (κ3) is 3.21. The molecule has 1 aliphatic heterocycles. The van der Waals surface area contributed by atoms with Gasteiger partial charge in [0, 0.05) is 17.8 Å². The van der Waals surface area contributed by atoms with Crippen molar-refractivity contribution in [3.8, 4) is 0 Å². The van der Waals surface area contributed by atoms with Gasteiger partial charge < -0.3 is 14.7 Å². The number of carbonyl (C=O) groups excluding carboxylic acids is 1. The van der Waals surface area contributed by atoms with E-state index in [0.717, 1.165) is 0 Å². The van der Waals surface area contributed by atoms with Gasteiger partial charge in [0.15, 0.2) is 6.10 Å². The van der Waals surface area contributed by atoms with Gasteiger partial charge in [0.25, 0.3) is 5.91 Å². The van der Waals surface area contributed by atoms with E-state index in [1.807, 2.05) is 0 Å². The molecule has 1 aliphatic rings. The number of pyridine rings is 1. The van der Waals surface area contributed by atoms with Crippen LogP contribution in [-0.4, -0.2) is 52.7 Å². The normalized spacial score (nSPS) is 19.3. The van der Waals surface area contributed by atoms with E-state index in [9.17, 15) is 9.59 Å². The highest BCUT2D eigenvalue weighted by Crippen LogP contribution is 2.15. The summed E-state index contributed by atoms with van der Waals surface area (Å²) in [5, 5.41) is 9.14. The summed E-state index contributed by atoms with van der Waals surface area (Å²) in [6.07, 6.45) is -0.976. The smallest absolute Gasteiger partial charge is 0.334 e. The second-order valence-corrected chi connectivity index (χ2v) is 4.66. The van der Waals surface area contributed by atoms with Gasteiger partial charge in [-0.15, -0.1) is 0 Å². The standard InChI is InChI=1S/C12H13ClN2O4/c1-7-4-8(5-10(13)14-7)11(16)15-2-3-19-9(6-15)12(17)18/h4-5,9H,2-3,6H2,1H3,(H,17,18). The van der Waals surface area contributed by atoms with Crippen LogP contribution in [0.2, 0.25) is 5.15 Å². The quantitative estimate of drug-likeness (QED) is 0.819. The lowest BCUT2D eigenvalue weighted by Gasteiger charge is -2.31. The molecule has 0 saturated carbocycles. The van der Waals surface area contributed by atoms with Gasteiger partial charge in [0.05, 0.1) is 13.2 Å². The molecule has 0 aliphatic carbocycles. The maximum Gasteiger partial charge on any atom is 0.334 e. The lowest BCUT2D eigenvalue weighted by Crippen LogP contribution is -2.48. The Hall–Kier alpha value is -1.66. The molecule has 2 rings (SSSR count). The number of carbonyl (C=O) groups is 2. The van der Waals surface area contributed by atoms with Crippen LogP contribution in [0.3, 0.4) is 0 Å². The lowest BCUT2D eigenvalue weighted by molar-refractivity contribution is -0.154. The van der Waals surface area contributed by atoms with E-state index in [1.165, 1.54) is 11.0 Å². The molecule has 19 heavy (non-hydrogen) atoms. The number of amides is 1. The van der Waals surface area contributed by atoms with Crippen LogP contribution in [-0.2, 0) is 9.53 Å². The van der Waals surface area contributed by atoms with Crippen LogP contribution in [0.4, 0.5) is 0 Å². The third-order valence-electron chi connectivity index (χ3n) is 2.80. The van der Waals surface area contributed by atoms with E-state index in [4.69, 9.17) is 21.4 Å². The summed E-state index contributed by atoms with van der Waals surface area (Å²) in [5.74, 6) is -1.33. The predicted octanol–water partition coefficient (Wildman–Crippen LogP) is 0.969. The fourth-order valence-electron chi connectivity index (χ4n) is 1.92. The Kier molecular flexibility index (Phi) is 4.01. The second kappa shape index (κ2) is 5.54. The lowest BCUT2D eigenvalue weighted by atomic mass is 10.2. The van der Waals surface area contributed by atoms with Gasteiger partial charge in [0.1, 0.15) is 5.15 Å². The van der Waals surface area contributed by atoms with E-state index >= 15 is 0 Å². The number of carboxylic acids is 1. The van der Waals surface area contributed by atoms with Gasteiger partial charge in [-0.1, -0.05) is 11.6 Å². The van der Waals surface area contributed by atoms with Crippen molar-refractivity contribution in [2.45, 2.75) is 13.0 Å². The molecule has 102 valence electrons. The molecule has 1 fully saturated rings. The van der Waals surface area contributed by atoms with Crippen LogP contribution in [0.25, 0.3) is 0 Å². The summed E-state index contributed by atoms with van der Waals surface area (Å²) in [7, 11) is 0. The molecular formula is C12H13ClN2O4. The SMILES string of the molecule is Cc1cc(C(=O)N2CCOC(C(=O)O)C2)cc(Cl)n1. The topological polar surface area (TPSA) is 79.7 Å². The molecule has 0 radical (unpaired) electrons. The zero-order chi connectivity index (χ0) is 14.0. The second-order valence-electron chi connectivity index (χ2n) is 4.27. The van der Waals surface area contributed by atoms with Crippen molar-refractivity contribution < 1.29 is 19.4 Å². The fourth-order valence-corrected chi connectivity index (χ4v) is 2.17. The first-order chi connectivity index (χ1) is 8.97. The maximum absolute atomic E-state index is 12.3. The summed E-state index contributed by atoms with van der Waals surface area (Å²) >= 11 is 5.81. The van der Waals surface area contributed by atoms with Crippen molar-refractivity contribution in [2.75, 3.05) is 19.7 Å². The molecular weight excluding hydrogens is 272 g/mol. The number of halogens is 1. The largest absolute Gasteiger partial charge is 0.479 e. The Labute approximate surface area is 114 Å². The van der Waals surface area contributed by atoms with Gasteiger partial charge in [-0.2, -0.15) is 0 Å². The van der Waals surface area contributed by atoms with Gasteiger partial charge >= 0.3 is 5.97 Å². The van der Waals surface area contributed by atoms with Crippen molar-refractivity contribution in [3.05, 3.63) is 28.5 Å². The highest BCUT2D eigenvalue weighted by atomic mass is 35.5. The van der Waals surface area contributed by atoms with E-state index in [2.05, 4.69) is 4.98 Å². The number of ether oxygens (including phenoxy) is 1. The van der Waals surface area contributed by atoms with Gasteiger partial charge in [-0.3, -0.25) is 4.79 Å². The van der Waals surface area contributed by atoms with Crippen molar-refractivity contribution in [1.82, 2.24) is 9.88 Å². The number of carboxylic acid groups (broad SMARTS) is 1. The number of hydrogen-bond acceptors (Lipinski definition) is 4. The summed E-state index contributed by atoms with van der Waals surface area (Å²) in [6.45, 7) is 2.34. The van der Waals surface area contributed by atoms with Crippen molar-refractivity contribution >= 4 is 23.5 Å². The molecule has 1 amide bonds. The molecule has 6 nitrogen and oxygen atoms in total. The Bertz CT molecular complexity index is 500. The van der Waals surface area contributed by atoms with Crippen LogP contribution in [0, 0.1) is 6.92 Å². The predicted molar refractivity (Wildman–Crippen MR) is 67.3 cm³/mol. The van der Waals surface area contributed by atoms with E-state index in [1.54, 1.807) is 13.0 Å². The molecule has 2 heterocycles. The van der Waals surface area contributed by atoms with E-state index < -0.39 is 12.1 Å². The van der Waals surface area contributed by atoms with Crippen LogP contribution < -0.4 is 0 Å². The molecule has 0 spiro atoms. The van der Waals surface area contributed by atoms with Crippen molar-refractivity contribution in [1.29, 1.82) is 0 Å². The molecule has 1 unspecified atom stereocenters. The molecule has 1 atom stereocenters. The van der Waals surface area contributed by atoms with E-state index in [-0.39, 0.29) is 24.2 Å². The molecule has 1 aromatic rings. The number of hydrogen-bond donors (Lipinski definition) is 1. The number of aliphatic carboxylic acids is 1. The summed E-state index contributed by atoms with van der Waals surface area (Å²) in [4.78, 5) is 28.6. The third-order valence-corrected chi connectivity index (χ3v) is 2.99. The van der Waals surface area contributed by atoms with Crippen LogP contribution >= 0.6 is 11.6 Å². The highest BCUT2D eigenvalue weighted by Gasteiger charge is 2.29. The molecule has 7 heteroatoms. The summed E-state index contributed by atoms with van der Waals surface area (Å²) < 4.78 is 5.07. The first-order valence-electron chi connectivity index (χ1n) is 5.75. The summed E-state index contributed by atoms with van der Waals surface area (Å²) in [5.41, 5.74) is 1.04. The van der Waals surface area contributed by atoms with Gasteiger partial charge in [-0.05, 0) is 19.1 Å². The first kappa shape index (κ1) is 13.8. The molecule has 0 aromatic carbocycles. The van der Waals surface area contributed by atoms with Gasteiger partial charge in [0.2, 0.25) is 0 Å². The number of aromatic nitrogens is 1. The number of rotatable bonds is 2. The molecule has 1 N–H and O–H groups in total. The zero-order valence-electron chi connectivity index (χ0n) is 10.3. The summed E-state index contributed by atoms with van der Waals surface area (Å²) in [6, 6.07) is 3.10. The maximum atomic E-state index is 12.3.